The number of halogens is 3. The molecule has 0 fully saturated rings. The van der Waals surface area contributed by atoms with E-state index in [2.05, 4.69) is 10.6 Å². The lowest BCUT2D eigenvalue weighted by Gasteiger charge is -2.13. The molecule has 0 saturated carbocycles. The van der Waals surface area contributed by atoms with Crippen molar-refractivity contribution >= 4 is 28.9 Å². The zero-order valence-electron chi connectivity index (χ0n) is 13.3. The van der Waals surface area contributed by atoms with Crippen LogP contribution in [0.3, 0.4) is 0 Å². The second kappa shape index (κ2) is 7.97. The summed E-state index contributed by atoms with van der Waals surface area (Å²) >= 11 is 6.03. The molecule has 0 spiro atoms. The van der Waals surface area contributed by atoms with Crippen molar-refractivity contribution in [3.8, 4) is 5.75 Å². The fourth-order valence-corrected chi connectivity index (χ4v) is 2.24. The zero-order valence-corrected chi connectivity index (χ0v) is 14.0. The number of carbonyl (C=O) groups is 1. The second-order valence-corrected chi connectivity index (χ2v) is 5.56. The van der Waals surface area contributed by atoms with Crippen LogP contribution in [-0.2, 0) is 4.79 Å². The molecule has 2 aromatic carbocycles. The second-order valence-electron chi connectivity index (χ2n) is 5.15. The van der Waals surface area contributed by atoms with E-state index < -0.39 is 17.5 Å². The molecule has 0 bridgehead atoms. The van der Waals surface area contributed by atoms with Gasteiger partial charge in [-0.3, -0.25) is 4.79 Å². The summed E-state index contributed by atoms with van der Waals surface area (Å²) in [5, 5.41) is 6.06. The highest BCUT2D eigenvalue weighted by Gasteiger charge is 2.10. The van der Waals surface area contributed by atoms with Gasteiger partial charge in [-0.2, -0.15) is 0 Å². The minimum Gasteiger partial charge on any atom is -0.495 e. The summed E-state index contributed by atoms with van der Waals surface area (Å²) in [7, 11) is 1.52. The van der Waals surface area contributed by atoms with Crippen molar-refractivity contribution in [2.45, 2.75) is 13.3 Å². The molecular formula is C17H17ClF2N2O2. The average molecular weight is 355 g/mol. The molecule has 2 rings (SSSR count). The van der Waals surface area contributed by atoms with Crippen LogP contribution in [0.5, 0.6) is 5.75 Å². The number of amides is 1. The molecule has 128 valence electrons. The van der Waals surface area contributed by atoms with Gasteiger partial charge in [0.05, 0.1) is 18.5 Å². The highest BCUT2D eigenvalue weighted by molar-refractivity contribution is 6.31. The molecule has 7 heteroatoms. The van der Waals surface area contributed by atoms with E-state index in [0.717, 1.165) is 17.7 Å². The molecule has 0 aliphatic heterocycles. The SMILES string of the molecule is COc1cc(Cl)c(C)cc1NCCC(=O)Nc1ccc(F)cc1F. The topological polar surface area (TPSA) is 50.4 Å². The van der Waals surface area contributed by atoms with Gasteiger partial charge in [0, 0.05) is 30.1 Å². The van der Waals surface area contributed by atoms with Gasteiger partial charge in [-0.1, -0.05) is 11.6 Å². The van der Waals surface area contributed by atoms with E-state index in [-0.39, 0.29) is 12.1 Å². The van der Waals surface area contributed by atoms with E-state index in [9.17, 15) is 13.6 Å². The van der Waals surface area contributed by atoms with Gasteiger partial charge in [-0.15, -0.1) is 0 Å². The van der Waals surface area contributed by atoms with Gasteiger partial charge >= 0.3 is 0 Å². The van der Waals surface area contributed by atoms with Gasteiger partial charge in [0.1, 0.15) is 17.4 Å². The van der Waals surface area contributed by atoms with E-state index in [1.165, 1.54) is 13.2 Å². The van der Waals surface area contributed by atoms with Crippen molar-refractivity contribution in [2.75, 3.05) is 24.3 Å². The van der Waals surface area contributed by atoms with Crippen LogP contribution in [-0.4, -0.2) is 19.6 Å². The number of benzene rings is 2. The Morgan fingerprint density at radius 3 is 2.62 bits per heavy atom. The maximum atomic E-state index is 13.5. The third kappa shape index (κ3) is 4.58. The Morgan fingerprint density at radius 2 is 1.96 bits per heavy atom. The number of hydrogen-bond donors (Lipinski definition) is 2. The predicted molar refractivity (Wildman–Crippen MR) is 90.8 cm³/mol. The molecule has 0 unspecified atom stereocenters. The summed E-state index contributed by atoms with van der Waals surface area (Å²) in [5.74, 6) is -1.34. The van der Waals surface area contributed by atoms with Gasteiger partial charge < -0.3 is 15.4 Å². The Morgan fingerprint density at radius 1 is 1.21 bits per heavy atom. The number of anilines is 2. The molecular weight excluding hydrogens is 338 g/mol. The fraction of sp³-hybridized carbons (Fsp3) is 0.235. The fourth-order valence-electron chi connectivity index (χ4n) is 2.08. The average Bonchev–Trinajstić information content (AvgIpc) is 2.53. The number of ether oxygens (including phenoxy) is 1. The number of nitrogens with one attached hydrogen (secondary N) is 2. The first-order valence-electron chi connectivity index (χ1n) is 7.23. The Bertz CT molecular complexity index is 754. The summed E-state index contributed by atoms with van der Waals surface area (Å²) in [6.45, 7) is 2.17. The van der Waals surface area contributed by atoms with Crippen LogP contribution in [0, 0.1) is 18.6 Å². The number of aryl methyl sites for hydroxylation is 1. The molecule has 0 aliphatic carbocycles. The standard InChI is InChI=1S/C17H17ClF2N2O2/c1-10-7-15(16(24-2)9-12(10)18)21-6-5-17(23)22-14-4-3-11(19)8-13(14)20/h3-4,7-9,21H,5-6H2,1-2H3,(H,22,23). The molecule has 0 heterocycles. The van der Waals surface area contributed by atoms with Crippen molar-refractivity contribution in [3.05, 3.63) is 52.6 Å². The van der Waals surface area contributed by atoms with Gasteiger partial charge in [0.25, 0.3) is 0 Å². The molecule has 2 aromatic rings. The molecule has 1 amide bonds. The highest BCUT2D eigenvalue weighted by atomic mass is 35.5. The summed E-state index contributed by atoms with van der Waals surface area (Å²) in [6, 6.07) is 6.49. The van der Waals surface area contributed by atoms with Crippen LogP contribution in [0.2, 0.25) is 5.02 Å². The lowest BCUT2D eigenvalue weighted by Crippen LogP contribution is -2.17. The van der Waals surface area contributed by atoms with Crippen LogP contribution in [0.1, 0.15) is 12.0 Å². The maximum Gasteiger partial charge on any atom is 0.226 e. The minimum atomic E-state index is -0.814. The highest BCUT2D eigenvalue weighted by Crippen LogP contribution is 2.30. The molecule has 0 aliphatic rings. The molecule has 4 nitrogen and oxygen atoms in total. The number of carbonyl (C=O) groups excluding carboxylic acids is 1. The predicted octanol–water partition coefficient (Wildman–Crippen LogP) is 4.38. The quantitative estimate of drug-likeness (QED) is 0.809. The summed E-state index contributed by atoms with van der Waals surface area (Å²) in [6.07, 6.45) is 0.0989. The summed E-state index contributed by atoms with van der Waals surface area (Å²) in [5.41, 5.74) is 1.53. The van der Waals surface area contributed by atoms with Gasteiger partial charge in [-0.05, 0) is 30.7 Å². The Hall–Kier alpha value is -2.34. The van der Waals surface area contributed by atoms with E-state index in [1.807, 2.05) is 13.0 Å². The normalized spacial score (nSPS) is 10.4. The molecule has 0 radical (unpaired) electrons. The lowest BCUT2D eigenvalue weighted by atomic mass is 10.2. The molecule has 0 atom stereocenters. The smallest absolute Gasteiger partial charge is 0.226 e. The molecule has 24 heavy (non-hydrogen) atoms. The largest absolute Gasteiger partial charge is 0.495 e. The zero-order chi connectivity index (χ0) is 17.7. The molecule has 0 saturated heterocycles. The van der Waals surface area contributed by atoms with Crippen LogP contribution in [0.4, 0.5) is 20.2 Å². The van der Waals surface area contributed by atoms with Crippen molar-refractivity contribution < 1.29 is 18.3 Å². The number of hydrogen-bond acceptors (Lipinski definition) is 3. The van der Waals surface area contributed by atoms with Crippen molar-refractivity contribution in [3.63, 3.8) is 0 Å². The third-order valence-corrected chi connectivity index (χ3v) is 3.76. The van der Waals surface area contributed by atoms with E-state index >= 15 is 0 Å². The Labute approximate surface area is 143 Å². The van der Waals surface area contributed by atoms with Gasteiger partial charge in [-0.25, -0.2) is 8.78 Å². The number of rotatable bonds is 6. The molecule has 0 aromatic heterocycles. The third-order valence-electron chi connectivity index (χ3n) is 3.35. The van der Waals surface area contributed by atoms with Crippen LogP contribution in [0.25, 0.3) is 0 Å². The van der Waals surface area contributed by atoms with E-state index in [4.69, 9.17) is 16.3 Å². The van der Waals surface area contributed by atoms with Gasteiger partial charge in [0.15, 0.2) is 0 Å². The van der Waals surface area contributed by atoms with Crippen LogP contribution < -0.4 is 15.4 Å². The van der Waals surface area contributed by atoms with E-state index in [1.54, 1.807) is 6.07 Å². The first kappa shape index (κ1) is 18.0. The first-order chi connectivity index (χ1) is 11.4. The van der Waals surface area contributed by atoms with Crippen LogP contribution >= 0.6 is 11.6 Å². The van der Waals surface area contributed by atoms with Gasteiger partial charge in [0.2, 0.25) is 5.91 Å². The van der Waals surface area contributed by atoms with Crippen molar-refractivity contribution in [1.29, 1.82) is 0 Å². The Kier molecular flexibility index (Phi) is 5.98. The monoisotopic (exact) mass is 354 g/mol. The number of methoxy groups -OCH3 is 1. The van der Waals surface area contributed by atoms with Crippen molar-refractivity contribution in [2.24, 2.45) is 0 Å². The lowest BCUT2D eigenvalue weighted by molar-refractivity contribution is -0.116. The van der Waals surface area contributed by atoms with E-state index in [0.29, 0.717) is 23.0 Å². The maximum absolute atomic E-state index is 13.5. The minimum absolute atomic E-state index is 0.0543. The Balaban J connectivity index is 1.92. The van der Waals surface area contributed by atoms with Crippen LogP contribution in [0.15, 0.2) is 30.3 Å². The van der Waals surface area contributed by atoms with Crippen molar-refractivity contribution in [1.82, 2.24) is 0 Å². The summed E-state index contributed by atoms with van der Waals surface area (Å²) < 4.78 is 31.5. The first-order valence-corrected chi connectivity index (χ1v) is 7.61. The molecule has 2 N–H and O–H groups in total. The summed E-state index contributed by atoms with van der Waals surface area (Å²) in [4.78, 5) is 11.9.